The van der Waals surface area contributed by atoms with E-state index < -0.39 is 4.92 Å². The number of nitrogens with two attached hydrogens (primary N) is 1. The number of nitro groups is 1. The third kappa shape index (κ3) is 4.94. The molecule has 1 saturated heterocycles. The summed E-state index contributed by atoms with van der Waals surface area (Å²) in [5.74, 6) is 0.553. The van der Waals surface area contributed by atoms with Crippen LogP contribution in [0.1, 0.15) is 11.1 Å². The zero-order valence-electron chi connectivity index (χ0n) is 18.1. The molecule has 1 aliphatic heterocycles. The van der Waals surface area contributed by atoms with Gasteiger partial charge in [0.1, 0.15) is 0 Å². The van der Waals surface area contributed by atoms with Crippen LogP contribution < -0.4 is 15.5 Å². The van der Waals surface area contributed by atoms with Crippen LogP contribution in [-0.4, -0.2) is 53.0 Å². The van der Waals surface area contributed by atoms with E-state index in [-0.39, 0.29) is 17.3 Å². The maximum absolute atomic E-state index is 11.8. The first-order chi connectivity index (χ1) is 15.5. The molecule has 1 aliphatic rings. The highest BCUT2D eigenvalue weighted by molar-refractivity contribution is 5.71. The zero-order valence-corrected chi connectivity index (χ0v) is 18.1. The Balaban J connectivity index is 1.52. The van der Waals surface area contributed by atoms with Crippen molar-refractivity contribution in [2.75, 3.05) is 48.8 Å². The van der Waals surface area contributed by atoms with E-state index in [0.717, 1.165) is 25.2 Å². The second-order valence-corrected chi connectivity index (χ2v) is 7.93. The molecular weight excluding hydrogens is 406 g/mol. The number of rotatable bonds is 7. The monoisotopic (exact) mass is 433 g/mol. The Kier molecular flexibility index (Phi) is 6.46. The first-order valence-corrected chi connectivity index (χ1v) is 10.6. The molecule has 3 aromatic rings. The fourth-order valence-corrected chi connectivity index (χ4v) is 3.90. The van der Waals surface area contributed by atoms with Gasteiger partial charge in [-0.25, -0.2) is 0 Å². The van der Waals surface area contributed by atoms with Crippen molar-refractivity contribution in [1.82, 2.24) is 14.9 Å². The van der Waals surface area contributed by atoms with E-state index in [0.29, 0.717) is 25.6 Å². The van der Waals surface area contributed by atoms with Crippen molar-refractivity contribution in [3.05, 3.63) is 81.9 Å². The summed E-state index contributed by atoms with van der Waals surface area (Å²) in [6.45, 7) is 4.25. The van der Waals surface area contributed by atoms with Crippen molar-refractivity contribution in [2.45, 2.75) is 13.1 Å². The number of aromatic nitrogens is 2. The predicted molar refractivity (Wildman–Crippen MR) is 126 cm³/mol. The Morgan fingerprint density at radius 3 is 2.16 bits per heavy atom. The van der Waals surface area contributed by atoms with E-state index in [1.54, 1.807) is 0 Å². The normalized spacial score (nSPS) is 14.3. The van der Waals surface area contributed by atoms with Crippen LogP contribution in [0.15, 0.2) is 60.7 Å². The topological polar surface area (TPSA) is 105 Å². The van der Waals surface area contributed by atoms with Crippen molar-refractivity contribution < 1.29 is 4.92 Å². The van der Waals surface area contributed by atoms with Crippen LogP contribution in [0.2, 0.25) is 0 Å². The largest absolute Gasteiger partial charge is 0.378 e. The number of anilines is 3. The first kappa shape index (κ1) is 21.5. The molecule has 1 aromatic heterocycles. The molecule has 0 spiro atoms. The van der Waals surface area contributed by atoms with Gasteiger partial charge in [0.25, 0.3) is 0 Å². The van der Waals surface area contributed by atoms with Gasteiger partial charge in [0.15, 0.2) is 0 Å². The minimum atomic E-state index is -0.484. The van der Waals surface area contributed by atoms with Gasteiger partial charge in [-0.15, -0.1) is 0 Å². The molecule has 9 heteroatoms. The van der Waals surface area contributed by atoms with Gasteiger partial charge in [0, 0.05) is 46.3 Å². The molecule has 0 bridgehead atoms. The number of hydrogen-bond donors (Lipinski definition) is 1. The van der Waals surface area contributed by atoms with Crippen LogP contribution in [0.25, 0.3) is 0 Å². The number of hydrogen-bond acceptors (Lipinski definition) is 8. The quantitative estimate of drug-likeness (QED) is 0.448. The van der Waals surface area contributed by atoms with Gasteiger partial charge >= 0.3 is 5.69 Å². The average molecular weight is 434 g/mol. The Morgan fingerprint density at radius 2 is 1.56 bits per heavy atom. The van der Waals surface area contributed by atoms with Crippen LogP contribution >= 0.6 is 0 Å². The standard InChI is InChI=1S/C23H27N7O2/c1-27(16-18-8-4-2-5-9-18)23-25-21(24)20(30(31)32)22(26-23)29-14-12-28(13-15-29)17-19-10-6-3-7-11-19/h2-11H,12-17H2,1H3,(H2,24,25,26). The fourth-order valence-electron chi connectivity index (χ4n) is 3.90. The number of benzene rings is 2. The third-order valence-corrected chi connectivity index (χ3v) is 5.59. The van der Waals surface area contributed by atoms with Gasteiger partial charge in [-0.05, 0) is 11.1 Å². The van der Waals surface area contributed by atoms with Crippen molar-refractivity contribution in [2.24, 2.45) is 0 Å². The third-order valence-electron chi connectivity index (χ3n) is 5.59. The van der Waals surface area contributed by atoms with Crippen LogP contribution in [0.5, 0.6) is 0 Å². The van der Waals surface area contributed by atoms with Crippen molar-refractivity contribution >= 4 is 23.3 Å². The highest BCUT2D eigenvalue weighted by atomic mass is 16.6. The highest BCUT2D eigenvalue weighted by Crippen LogP contribution is 2.33. The van der Waals surface area contributed by atoms with Gasteiger partial charge < -0.3 is 15.5 Å². The lowest BCUT2D eigenvalue weighted by molar-refractivity contribution is -0.383. The molecule has 0 aliphatic carbocycles. The molecule has 4 rings (SSSR count). The lowest BCUT2D eigenvalue weighted by Crippen LogP contribution is -2.46. The van der Waals surface area contributed by atoms with E-state index >= 15 is 0 Å². The van der Waals surface area contributed by atoms with Gasteiger partial charge in [-0.1, -0.05) is 60.7 Å². The highest BCUT2D eigenvalue weighted by Gasteiger charge is 2.30. The SMILES string of the molecule is CN(Cc1ccccc1)c1nc(N)c([N+](=O)[O-])c(N2CCN(Cc3ccccc3)CC2)n1. The Hall–Kier alpha value is -3.72. The molecule has 2 N–H and O–H groups in total. The summed E-state index contributed by atoms with van der Waals surface area (Å²) in [5.41, 5.74) is 8.15. The maximum atomic E-state index is 11.8. The molecule has 0 unspecified atom stereocenters. The molecule has 32 heavy (non-hydrogen) atoms. The molecule has 0 radical (unpaired) electrons. The van der Waals surface area contributed by atoms with E-state index in [1.807, 2.05) is 65.4 Å². The van der Waals surface area contributed by atoms with E-state index in [2.05, 4.69) is 27.0 Å². The summed E-state index contributed by atoms with van der Waals surface area (Å²) in [7, 11) is 1.86. The van der Waals surface area contributed by atoms with E-state index in [4.69, 9.17) is 5.73 Å². The number of piperazine rings is 1. The molecule has 2 aromatic carbocycles. The predicted octanol–water partition coefficient (Wildman–Crippen LogP) is 2.93. The number of nitrogens with zero attached hydrogens (tertiary/aromatic N) is 6. The van der Waals surface area contributed by atoms with Crippen LogP contribution in [0.4, 0.5) is 23.3 Å². The van der Waals surface area contributed by atoms with Crippen molar-refractivity contribution in [3.8, 4) is 0 Å². The minimum Gasteiger partial charge on any atom is -0.378 e. The summed E-state index contributed by atoms with van der Waals surface area (Å²) in [5, 5.41) is 11.8. The number of nitrogen functional groups attached to an aromatic ring is 1. The van der Waals surface area contributed by atoms with E-state index in [9.17, 15) is 10.1 Å². The smallest absolute Gasteiger partial charge is 0.353 e. The molecule has 0 atom stereocenters. The van der Waals surface area contributed by atoms with Gasteiger partial charge in [-0.2, -0.15) is 9.97 Å². The summed E-state index contributed by atoms with van der Waals surface area (Å²) in [4.78, 5) is 26.2. The molecular formula is C23H27N7O2. The maximum Gasteiger partial charge on any atom is 0.353 e. The van der Waals surface area contributed by atoms with Crippen molar-refractivity contribution in [3.63, 3.8) is 0 Å². The van der Waals surface area contributed by atoms with E-state index in [1.165, 1.54) is 5.56 Å². The van der Waals surface area contributed by atoms with Crippen LogP contribution in [0, 0.1) is 10.1 Å². The Morgan fingerprint density at radius 1 is 0.969 bits per heavy atom. The second-order valence-electron chi connectivity index (χ2n) is 7.93. The second kappa shape index (κ2) is 9.61. The zero-order chi connectivity index (χ0) is 22.5. The summed E-state index contributed by atoms with van der Waals surface area (Å²) >= 11 is 0. The molecule has 2 heterocycles. The minimum absolute atomic E-state index is 0.110. The Labute approximate surface area is 187 Å². The van der Waals surface area contributed by atoms with Crippen LogP contribution in [0.3, 0.4) is 0 Å². The average Bonchev–Trinajstić information content (AvgIpc) is 2.80. The van der Waals surface area contributed by atoms with Gasteiger partial charge in [0.2, 0.25) is 17.6 Å². The summed E-state index contributed by atoms with van der Waals surface area (Å²) in [6.07, 6.45) is 0. The summed E-state index contributed by atoms with van der Waals surface area (Å²) in [6, 6.07) is 20.2. The van der Waals surface area contributed by atoms with Crippen LogP contribution in [-0.2, 0) is 13.1 Å². The molecule has 0 amide bonds. The molecule has 9 nitrogen and oxygen atoms in total. The van der Waals surface area contributed by atoms with Gasteiger partial charge in [-0.3, -0.25) is 15.0 Å². The first-order valence-electron chi connectivity index (χ1n) is 10.6. The van der Waals surface area contributed by atoms with Crippen molar-refractivity contribution in [1.29, 1.82) is 0 Å². The summed E-state index contributed by atoms with van der Waals surface area (Å²) < 4.78 is 0. The van der Waals surface area contributed by atoms with Gasteiger partial charge in [0.05, 0.1) is 4.92 Å². The molecule has 1 fully saturated rings. The molecule has 166 valence electrons. The lowest BCUT2D eigenvalue weighted by Gasteiger charge is -2.35. The molecule has 0 saturated carbocycles. The Bertz CT molecular complexity index is 1050. The fraction of sp³-hybridized carbons (Fsp3) is 0.304. The lowest BCUT2D eigenvalue weighted by atomic mass is 10.2.